The molecule has 3 heterocycles. The second-order valence-electron chi connectivity index (χ2n) is 5.50. The maximum Gasteiger partial charge on any atom is 0.160 e. The molecule has 4 heteroatoms. The summed E-state index contributed by atoms with van der Waals surface area (Å²) in [5.74, 6) is 0. The molecule has 0 spiro atoms. The lowest BCUT2D eigenvalue weighted by atomic mass is 9.75. The summed E-state index contributed by atoms with van der Waals surface area (Å²) in [6.07, 6.45) is 5.87. The average molecular weight is 227 g/mol. The largest absolute Gasteiger partial charge is 0.390 e. The van der Waals surface area contributed by atoms with Crippen LogP contribution < -0.4 is 5.32 Å². The van der Waals surface area contributed by atoms with Gasteiger partial charge in [0.05, 0.1) is 18.8 Å². The highest BCUT2D eigenvalue weighted by molar-refractivity contribution is 4.98. The lowest BCUT2D eigenvalue weighted by molar-refractivity contribution is -0.123. The van der Waals surface area contributed by atoms with Gasteiger partial charge in [0.1, 0.15) is 0 Å². The van der Waals surface area contributed by atoms with Gasteiger partial charge in [-0.3, -0.25) is 0 Å². The second kappa shape index (κ2) is 4.26. The molecule has 2 unspecified atom stereocenters. The normalized spacial score (nSPS) is 44.8. The Morgan fingerprint density at radius 1 is 1.12 bits per heavy atom. The van der Waals surface area contributed by atoms with Gasteiger partial charge in [0.15, 0.2) is 6.29 Å². The van der Waals surface area contributed by atoms with E-state index in [1.165, 1.54) is 19.3 Å². The molecule has 0 aromatic carbocycles. The Labute approximate surface area is 96.3 Å². The molecule has 3 aliphatic heterocycles. The Kier molecular flexibility index (Phi) is 2.92. The van der Waals surface area contributed by atoms with Crippen molar-refractivity contribution in [2.75, 3.05) is 13.2 Å². The van der Waals surface area contributed by atoms with E-state index < -0.39 is 5.60 Å². The van der Waals surface area contributed by atoms with Gasteiger partial charge in [-0.25, -0.2) is 0 Å². The summed E-state index contributed by atoms with van der Waals surface area (Å²) in [5, 5.41) is 14.2. The molecule has 3 aliphatic rings. The summed E-state index contributed by atoms with van der Waals surface area (Å²) >= 11 is 0. The van der Waals surface area contributed by atoms with Gasteiger partial charge in [-0.2, -0.15) is 0 Å². The third kappa shape index (κ3) is 2.25. The van der Waals surface area contributed by atoms with Gasteiger partial charge in [-0.05, 0) is 25.7 Å². The van der Waals surface area contributed by atoms with Crippen molar-refractivity contribution in [3.63, 3.8) is 0 Å². The Morgan fingerprint density at radius 2 is 1.75 bits per heavy atom. The van der Waals surface area contributed by atoms with Crippen molar-refractivity contribution < 1.29 is 14.6 Å². The van der Waals surface area contributed by atoms with E-state index in [1.807, 2.05) is 0 Å². The molecule has 2 atom stereocenters. The number of nitrogens with one attached hydrogen (secondary N) is 1. The molecule has 0 saturated carbocycles. The van der Waals surface area contributed by atoms with E-state index in [0.29, 0.717) is 31.7 Å². The second-order valence-corrected chi connectivity index (χ2v) is 5.50. The lowest BCUT2D eigenvalue weighted by Crippen LogP contribution is -2.56. The lowest BCUT2D eigenvalue weighted by Gasteiger charge is -2.45. The third-order valence-corrected chi connectivity index (χ3v) is 4.07. The van der Waals surface area contributed by atoms with Crippen LogP contribution in [-0.4, -0.2) is 42.3 Å². The van der Waals surface area contributed by atoms with E-state index in [0.717, 1.165) is 12.8 Å². The van der Waals surface area contributed by atoms with Gasteiger partial charge in [0.25, 0.3) is 0 Å². The zero-order chi connectivity index (χ0) is 11.0. The monoisotopic (exact) mass is 227 g/mol. The van der Waals surface area contributed by atoms with E-state index in [-0.39, 0.29) is 6.29 Å². The highest BCUT2D eigenvalue weighted by atomic mass is 16.7. The van der Waals surface area contributed by atoms with Crippen LogP contribution in [0.4, 0.5) is 0 Å². The maximum absolute atomic E-state index is 10.6. The van der Waals surface area contributed by atoms with Crippen LogP contribution >= 0.6 is 0 Å². The molecule has 0 aromatic rings. The minimum Gasteiger partial charge on any atom is -0.390 e. The molecule has 2 N–H and O–H groups in total. The molecule has 4 nitrogen and oxygen atoms in total. The molecule has 0 aromatic heterocycles. The van der Waals surface area contributed by atoms with Crippen LogP contribution in [0.2, 0.25) is 0 Å². The van der Waals surface area contributed by atoms with Gasteiger partial charge in [-0.1, -0.05) is 6.42 Å². The summed E-state index contributed by atoms with van der Waals surface area (Å²) in [6, 6.07) is 0.998. The summed E-state index contributed by atoms with van der Waals surface area (Å²) in [7, 11) is 0. The molecular formula is C12H21NO3. The third-order valence-electron chi connectivity index (χ3n) is 4.07. The van der Waals surface area contributed by atoms with E-state index >= 15 is 0 Å². The molecule has 0 radical (unpaired) electrons. The molecule has 0 amide bonds. The van der Waals surface area contributed by atoms with Crippen LogP contribution in [0.3, 0.4) is 0 Å². The number of fused-ring (bicyclic) bond motifs is 2. The molecule has 2 bridgehead atoms. The first-order valence-electron chi connectivity index (χ1n) is 6.45. The smallest absolute Gasteiger partial charge is 0.160 e. The van der Waals surface area contributed by atoms with Crippen molar-refractivity contribution >= 4 is 0 Å². The van der Waals surface area contributed by atoms with Gasteiger partial charge < -0.3 is 19.9 Å². The van der Waals surface area contributed by atoms with E-state index in [4.69, 9.17) is 9.47 Å². The predicted octanol–water partition coefficient (Wildman–Crippen LogP) is 0.785. The van der Waals surface area contributed by atoms with Crippen LogP contribution in [0.25, 0.3) is 0 Å². The number of piperidine rings is 2. The quantitative estimate of drug-likeness (QED) is 0.732. The molecule has 3 rings (SSSR count). The highest BCUT2D eigenvalue weighted by Crippen LogP contribution is 2.36. The van der Waals surface area contributed by atoms with E-state index in [9.17, 15) is 5.11 Å². The first-order valence-corrected chi connectivity index (χ1v) is 6.45. The van der Waals surface area contributed by atoms with Crippen molar-refractivity contribution in [1.82, 2.24) is 5.32 Å². The molecule has 16 heavy (non-hydrogen) atoms. The number of hydrogen-bond donors (Lipinski definition) is 2. The minimum atomic E-state index is -0.573. The van der Waals surface area contributed by atoms with Gasteiger partial charge in [0, 0.05) is 18.5 Å². The van der Waals surface area contributed by atoms with Crippen LogP contribution in [0.15, 0.2) is 0 Å². The molecular weight excluding hydrogens is 206 g/mol. The molecule has 92 valence electrons. The summed E-state index contributed by atoms with van der Waals surface area (Å²) < 4.78 is 10.9. The number of rotatable bonds is 2. The maximum atomic E-state index is 10.6. The van der Waals surface area contributed by atoms with Crippen molar-refractivity contribution in [3.05, 3.63) is 0 Å². The zero-order valence-corrected chi connectivity index (χ0v) is 9.65. The minimum absolute atomic E-state index is 0.177. The first kappa shape index (κ1) is 11.0. The first-order chi connectivity index (χ1) is 7.73. The summed E-state index contributed by atoms with van der Waals surface area (Å²) in [6.45, 7) is 1.34. The fourth-order valence-electron chi connectivity index (χ4n) is 3.44. The number of aliphatic hydroxyl groups is 1. The molecule has 0 aliphatic carbocycles. The Hall–Kier alpha value is -0.160. The van der Waals surface area contributed by atoms with Crippen LogP contribution in [-0.2, 0) is 9.47 Å². The van der Waals surface area contributed by atoms with Crippen LogP contribution in [0, 0.1) is 0 Å². The Morgan fingerprint density at radius 3 is 2.38 bits per heavy atom. The van der Waals surface area contributed by atoms with E-state index in [2.05, 4.69) is 5.32 Å². The fraction of sp³-hybridized carbons (Fsp3) is 1.00. The van der Waals surface area contributed by atoms with Gasteiger partial charge >= 0.3 is 0 Å². The van der Waals surface area contributed by atoms with Crippen molar-refractivity contribution in [3.8, 4) is 0 Å². The SMILES string of the molecule is OC1(CC2OCCO2)CC2CCCC(C1)N2. The average Bonchev–Trinajstić information content (AvgIpc) is 2.68. The number of ether oxygens (including phenoxy) is 2. The number of hydrogen-bond acceptors (Lipinski definition) is 4. The van der Waals surface area contributed by atoms with Gasteiger partial charge in [-0.15, -0.1) is 0 Å². The standard InChI is InChI=1S/C12H21NO3/c14-12(8-11-15-4-5-16-11)6-9-2-1-3-10(7-12)13-9/h9-11,13-14H,1-8H2. The Balaban J connectivity index is 1.63. The fourth-order valence-corrected chi connectivity index (χ4v) is 3.44. The summed E-state index contributed by atoms with van der Waals surface area (Å²) in [4.78, 5) is 0. The molecule has 3 fully saturated rings. The highest BCUT2D eigenvalue weighted by Gasteiger charge is 2.42. The Bertz CT molecular complexity index is 241. The van der Waals surface area contributed by atoms with Gasteiger partial charge in [0.2, 0.25) is 0 Å². The topological polar surface area (TPSA) is 50.7 Å². The molecule has 3 saturated heterocycles. The van der Waals surface area contributed by atoms with Crippen molar-refractivity contribution in [1.29, 1.82) is 0 Å². The van der Waals surface area contributed by atoms with E-state index in [1.54, 1.807) is 0 Å². The van der Waals surface area contributed by atoms with Crippen molar-refractivity contribution in [2.45, 2.75) is 62.5 Å². The predicted molar refractivity (Wildman–Crippen MR) is 59.1 cm³/mol. The van der Waals surface area contributed by atoms with Crippen LogP contribution in [0.5, 0.6) is 0 Å². The zero-order valence-electron chi connectivity index (χ0n) is 9.65. The summed E-state index contributed by atoms with van der Waals surface area (Å²) in [5.41, 5.74) is -0.573. The van der Waals surface area contributed by atoms with Crippen molar-refractivity contribution in [2.24, 2.45) is 0 Å². The van der Waals surface area contributed by atoms with Crippen LogP contribution in [0.1, 0.15) is 38.5 Å².